The maximum Gasteiger partial charge on any atom is 0.0541 e. The highest BCUT2D eigenvalue weighted by Gasteiger charge is 2.33. The second-order valence-corrected chi connectivity index (χ2v) is 15.2. The van der Waals surface area contributed by atoms with E-state index in [0.29, 0.717) is 0 Å². The molecule has 0 aliphatic rings. The summed E-state index contributed by atoms with van der Waals surface area (Å²) < 4.78 is 2.43. The molecule has 9 aromatic rings. The van der Waals surface area contributed by atoms with Gasteiger partial charge in [0, 0.05) is 35.7 Å². The molecule has 8 aromatic carbocycles. The highest BCUT2D eigenvalue weighted by Crippen LogP contribution is 2.73. The number of para-hydroxylation sites is 2. The highest BCUT2D eigenvalue weighted by molar-refractivity contribution is 8.34. The first kappa shape index (κ1) is 28.4. The van der Waals surface area contributed by atoms with Gasteiger partial charge < -0.3 is 4.57 Å². The van der Waals surface area contributed by atoms with Crippen molar-refractivity contribution in [1.82, 2.24) is 4.57 Å². The summed E-state index contributed by atoms with van der Waals surface area (Å²) in [5.41, 5.74) is 6.10. The molecule has 48 heavy (non-hydrogen) atoms. The summed E-state index contributed by atoms with van der Waals surface area (Å²) in [6.07, 6.45) is 0. The Hall–Kier alpha value is -5.83. The molecule has 0 radical (unpaired) electrons. The molecule has 0 atom stereocenters. The van der Waals surface area contributed by atoms with Gasteiger partial charge in [0.25, 0.3) is 0 Å². The topological polar surface area (TPSA) is 4.93 Å². The summed E-state index contributed by atoms with van der Waals surface area (Å²) >= 11 is 0. The van der Waals surface area contributed by atoms with Crippen LogP contribution in [0.3, 0.4) is 0 Å². The van der Waals surface area contributed by atoms with Crippen molar-refractivity contribution in [2.24, 2.45) is 0 Å². The third-order valence-electron chi connectivity index (χ3n) is 9.53. The molecular weight excluding hydrogens is 599 g/mol. The van der Waals surface area contributed by atoms with Gasteiger partial charge in [-0.25, -0.2) is 0 Å². The molecular formula is C46H33NS. The van der Waals surface area contributed by atoms with Crippen LogP contribution in [0.5, 0.6) is 0 Å². The van der Waals surface area contributed by atoms with E-state index in [-0.39, 0.29) is 0 Å². The van der Waals surface area contributed by atoms with E-state index in [0.717, 1.165) is 0 Å². The smallest absolute Gasteiger partial charge is 0.0541 e. The van der Waals surface area contributed by atoms with E-state index in [2.05, 4.69) is 205 Å². The first-order valence-electron chi connectivity index (χ1n) is 16.4. The van der Waals surface area contributed by atoms with Crippen molar-refractivity contribution in [3.8, 4) is 16.8 Å². The van der Waals surface area contributed by atoms with E-state index in [4.69, 9.17) is 0 Å². The summed E-state index contributed by atoms with van der Waals surface area (Å²) in [7, 11) is -1.73. The lowest BCUT2D eigenvalue weighted by atomic mass is 9.97. The van der Waals surface area contributed by atoms with E-state index < -0.39 is 10.0 Å². The molecule has 0 saturated carbocycles. The Morgan fingerprint density at radius 1 is 0.292 bits per heavy atom. The maximum absolute atomic E-state index is 2.43. The summed E-state index contributed by atoms with van der Waals surface area (Å²) in [5.74, 6) is 0. The molecule has 2 heteroatoms. The molecule has 0 aliphatic carbocycles. The van der Waals surface area contributed by atoms with Crippen LogP contribution in [0.1, 0.15) is 0 Å². The monoisotopic (exact) mass is 631 g/mol. The number of aromatic nitrogens is 1. The summed E-state index contributed by atoms with van der Waals surface area (Å²) in [6, 6.07) is 73.4. The van der Waals surface area contributed by atoms with Gasteiger partial charge in [0.05, 0.1) is 16.7 Å². The Labute approximate surface area is 282 Å². The van der Waals surface area contributed by atoms with Gasteiger partial charge >= 0.3 is 0 Å². The van der Waals surface area contributed by atoms with Crippen LogP contribution in [0.25, 0.3) is 49.4 Å². The Morgan fingerprint density at radius 3 is 1.19 bits per heavy atom. The fourth-order valence-corrected chi connectivity index (χ4v) is 11.3. The van der Waals surface area contributed by atoms with E-state index in [1.807, 2.05) is 0 Å². The zero-order valence-corrected chi connectivity index (χ0v) is 27.2. The third-order valence-corrected chi connectivity index (χ3v) is 13.4. The largest absolute Gasteiger partial charge is 0.309 e. The lowest BCUT2D eigenvalue weighted by Crippen LogP contribution is -2.05. The van der Waals surface area contributed by atoms with Gasteiger partial charge in [-0.1, -0.05) is 133 Å². The van der Waals surface area contributed by atoms with Crippen LogP contribution in [0.2, 0.25) is 0 Å². The van der Waals surface area contributed by atoms with Crippen molar-refractivity contribution in [2.45, 2.75) is 19.6 Å². The van der Waals surface area contributed by atoms with Gasteiger partial charge in [-0.05, 0) is 83.2 Å². The maximum atomic E-state index is 2.43. The van der Waals surface area contributed by atoms with Gasteiger partial charge in [0.15, 0.2) is 0 Å². The van der Waals surface area contributed by atoms with E-state index in [9.17, 15) is 0 Å². The molecule has 1 nitrogen and oxygen atoms in total. The minimum Gasteiger partial charge on any atom is -0.309 e. The number of rotatable bonds is 6. The summed E-state index contributed by atoms with van der Waals surface area (Å²) in [4.78, 5) is 5.31. The van der Waals surface area contributed by atoms with Gasteiger partial charge in [-0.2, -0.15) is 0 Å². The molecule has 0 bridgehead atoms. The van der Waals surface area contributed by atoms with Crippen molar-refractivity contribution < 1.29 is 0 Å². The third kappa shape index (κ3) is 4.41. The molecule has 1 aromatic heterocycles. The number of hydrogen-bond acceptors (Lipinski definition) is 0. The zero-order chi connectivity index (χ0) is 31.9. The molecule has 1 heterocycles. The van der Waals surface area contributed by atoms with E-state index in [1.165, 1.54) is 69.0 Å². The van der Waals surface area contributed by atoms with Crippen LogP contribution in [0.4, 0.5) is 0 Å². The second kappa shape index (κ2) is 11.8. The Kier molecular flexibility index (Phi) is 6.96. The molecule has 0 aliphatic heterocycles. The minimum absolute atomic E-state index is 1.20. The quantitative estimate of drug-likeness (QED) is 0.172. The van der Waals surface area contributed by atoms with Crippen LogP contribution >= 0.6 is 10.0 Å². The predicted molar refractivity (Wildman–Crippen MR) is 204 cm³/mol. The van der Waals surface area contributed by atoms with Crippen molar-refractivity contribution in [3.05, 3.63) is 200 Å². The molecule has 9 rings (SSSR count). The normalized spacial score (nSPS) is 12.1. The number of nitrogens with zero attached hydrogens (tertiary/aromatic N) is 1. The average Bonchev–Trinajstić information content (AvgIpc) is 3.51. The second-order valence-electron chi connectivity index (χ2n) is 12.1. The SMILES string of the molecule is c1ccc(S(c2ccccc2)(c2ccccc2)c2ccc(-c3ccc(-n4c5ccccc5c5ccccc54)c4ccccc34)cc2)cc1. The van der Waals surface area contributed by atoms with Crippen molar-refractivity contribution in [2.75, 3.05) is 0 Å². The van der Waals surface area contributed by atoms with Gasteiger partial charge in [-0.15, -0.1) is 10.0 Å². The Bertz CT molecular complexity index is 2380. The van der Waals surface area contributed by atoms with E-state index >= 15 is 0 Å². The van der Waals surface area contributed by atoms with Gasteiger partial charge in [0.2, 0.25) is 0 Å². The highest BCUT2D eigenvalue weighted by atomic mass is 32.3. The standard InChI is InChI=1S/C46H33NS/c1-4-16-35(17-5-1)48(36-18-6-2-7-19-36,37-20-8-3-9-21-37)38-30-28-34(29-31-38)39-32-33-46(41-23-11-10-22-40(39)41)47-44-26-14-12-24-42(44)43-25-13-15-27-45(43)47/h1-33H. The number of fused-ring (bicyclic) bond motifs is 4. The van der Waals surface area contributed by atoms with Gasteiger partial charge in [0.1, 0.15) is 0 Å². The molecule has 228 valence electrons. The van der Waals surface area contributed by atoms with E-state index in [1.54, 1.807) is 0 Å². The summed E-state index contributed by atoms with van der Waals surface area (Å²) in [5, 5.41) is 5.04. The van der Waals surface area contributed by atoms with Crippen molar-refractivity contribution in [1.29, 1.82) is 0 Å². The molecule has 0 N–H and O–H groups in total. The fraction of sp³-hybridized carbons (Fsp3) is 0. The number of hydrogen-bond donors (Lipinski definition) is 0. The van der Waals surface area contributed by atoms with Crippen LogP contribution in [0, 0.1) is 0 Å². The predicted octanol–water partition coefficient (Wildman–Crippen LogP) is 12.9. The Balaban J connectivity index is 1.23. The molecule has 0 amide bonds. The first-order chi connectivity index (χ1) is 23.8. The average molecular weight is 632 g/mol. The summed E-state index contributed by atoms with van der Waals surface area (Å²) in [6.45, 7) is 0. The molecule has 0 spiro atoms. The van der Waals surface area contributed by atoms with Crippen LogP contribution in [-0.2, 0) is 0 Å². The van der Waals surface area contributed by atoms with Crippen LogP contribution in [0.15, 0.2) is 220 Å². The van der Waals surface area contributed by atoms with Crippen LogP contribution in [-0.4, -0.2) is 4.57 Å². The Morgan fingerprint density at radius 2 is 0.688 bits per heavy atom. The van der Waals surface area contributed by atoms with Gasteiger partial charge in [-0.3, -0.25) is 0 Å². The van der Waals surface area contributed by atoms with Crippen LogP contribution < -0.4 is 0 Å². The minimum atomic E-state index is -1.73. The molecule has 0 unspecified atom stereocenters. The first-order valence-corrected chi connectivity index (χ1v) is 18.1. The number of benzene rings is 8. The lowest BCUT2D eigenvalue weighted by molar-refractivity contribution is 1.20. The van der Waals surface area contributed by atoms with Crippen molar-refractivity contribution in [3.63, 3.8) is 0 Å². The lowest BCUT2D eigenvalue weighted by Gasteiger charge is -2.42. The van der Waals surface area contributed by atoms with Crippen molar-refractivity contribution >= 4 is 42.6 Å². The molecule has 0 fully saturated rings. The zero-order valence-electron chi connectivity index (χ0n) is 26.4. The molecule has 0 saturated heterocycles. The fourth-order valence-electron chi connectivity index (χ4n) is 7.44.